The molecule has 1 fully saturated rings. The van der Waals surface area contributed by atoms with Crippen LogP contribution in [-0.4, -0.2) is 16.8 Å². The molecule has 1 aliphatic heterocycles. The van der Waals surface area contributed by atoms with Crippen LogP contribution in [0.1, 0.15) is 58.1 Å². The molecule has 2 heteroatoms. The molecule has 0 saturated heterocycles. The summed E-state index contributed by atoms with van der Waals surface area (Å²) in [6.45, 7) is 10.5. The summed E-state index contributed by atoms with van der Waals surface area (Å²) in [5.41, 5.74) is 3.20. The Morgan fingerprint density at radius 1 is 1.05 bits per heavy atom. The van der Waals surface area contributed by atoms with E-state index in [9.17, 15) is 0 Å². The second kappa shape index (κ2) is 4.34. The third-order valence-corrected chi connectivity index (χ3v) is 4.87. The van der Waals surface area contributed by atoms with Crippen molar-refractivity contribution in [3.05, 3.63) is 35.4 Å². The Hall–Kier alpha value is -1.31. The van der Waals surface area contributed by atoms with E-state index >= 15 is 0 Å². The number of hydrogen-bond donors (Lipinski definition) is 1. The molecule has 1 saturated carbocycles. The van der Waals surface area contributed by atoms with Crippen molar-refractivity contribution in [1.29, 1.82) is 5.41 Å². The largest absolute Gasteiger partial charge is 0.349 e. The molecule has 3 rings (SSSR count). The zero-order valence-corrected chi connectivity index (χ0v) is 13.2. The summed E-state index contributed by atoms with van der Waals surface area (Å²) in [7, 11) is 0. The van der Waals surface area contributed by atoms with Gasteiger partial charge in [-0.2, -0.15) is 0 Å². The minimum atomic E-state index is 0.376. The summed E-state index contributed by atoms with van der Waals surface area (Å²) in [5, 5.41) is 8.51. The van der Waals surface area contributed by atoms with Gasteiger partial charge in [0.25, 0.3) is 0 Å². The lowest BCUT2D eigenvalue weighted by atomic mass is 9.63. The number of hydrogen-bond acceptors (Lipinski definition) is 1. The Labute approximate surface area is 122 Å². The van der Waals surface area contributed by atoms with Crippen molar-refractivity contribution >= 4 is 5.84 Å². The third kappa shape index (κ3) is 2.36. The molecule has 0 bridgehead atoms. The van der Waals surface area contributed by atoms with Crippen LogP contribution in [0.5, 0.6) is 0 Å². The van der Waals surface area contributed by atoms with Crippen LogP contribution in [0.15, 0.2) is 24.3 Å². The Morgan fingerprint density at radius 3 is 2.25 bits per heavy atom. The average Bonchev–Trinajstić information content (AvgIpc) is 2.64. The number of fused-ring (bicyclic) bond motifs is 1. The zero-order valence-electron chi connectivity index (χ0n) is 13.2. The topological polar surface area (TPSA) is 27.1 Å². The summed E-state index contributed by atoms with van der Waals surface area (Å²) in [5.74, 6) is 0.735. The molecule has 20 heavy (non-hydrogen) atoms. The van der Waals surface area contributed by atoms with Crippen molar-refractivity contribution in [2.24, 2.45) is 10.8 Å². The van der Waals surface area contributed by atoms with Gasteiger partial charge in [-0.15, -0.1) is 0 Å². The van der Waals surface area contributed by atoms with Crippen molar-refractivity contribution in [2.45, 2.75) is 59.5 Å². The lowest BCUT2D eigenvalue weighted by Crippen LogP contribution is -2.46. The van der Waals surface area contributed by atoms with Gasteiger partial charge in [-0.1, -0.05) is 52.0 Å². The minimum Gasteiger partial charge on any atom is -0.349 e. The van der Waals surface area contributed by atoms with Gasteiger partial charge in [0.2, 0.25) is 0 Å². The smallest absolute Gasteiger partial charge is 0.128 e. The van der Waals surface area contributed by atoms with E-state index < -0.39 is 0 Å². The van der Waals surface area contributed by atoms with Gasteiger partial charge in [-0.05, 0) is 35.7 Å². The molecule has 0 atom stereocenters. The summed E-state index contributed by atoms with van der Waals surface area (Å²) in [6, 6.07) is 8.91. The molecule has 0 amide bonds. The number of nitrogens with zero attached hydrogens (tertiary/aromatic N) is 1. The molecule has 1 aliphatic carbocycles. The third-order valence-electron chi connectivity index (χ3n) is 4.87. The minimum absolute atomic E-state index is 0.376. The lowest BCUT2D eigenvalue weighted by molar-refractivity contribution is 0.0510. The number of amidine groups is 1. The van der Waals surface area contributed by atoms with E-state index in [1.54, 1.807) is 0 Å². The highest BCUT2D eigenvalue weighted by molar-refractivity contribution is 6.00. The van der Waals surface area contributed by atoms with Crippen LogP contribution in [0.25, 0.3) is 0 Å². The van der Waals surface area contributed by atoms with E-state index in [0.29, 0.717) is 16.9 Å². The predicted octanol–water partition coefficient (Wildman–Crippen LogP) is 4.43. The van der Waals surface area contributed by atoms with Crippen LogP contribution in [0.2, 0.25) is 0 Å². The Balaban J connectivity index is 1.86. The van der Waals surface area contributed by atoms with Gasteiger partial charge in [0, 0.05) is 18.2 Å². The van der Waals surface area contributed by atoms with Crippen LogP contribution in [-0.2, 0) is 6.54 Å². The Bertz CT molecular complexity index is 526. The van der Waals surface area contributed by atoms with Crippen molar-refractivity contribution in [3.8, 4) is 0 Å². The monoisotopic (exact) mass is 270 g/mol. The molecule has 1 N–H and O–H groups in total. The number of rotatable bonds is 1. The van der Waals surface area contributed by atoms with E-state index in [4.69, 9.17) is 5.41 Å². The molecule has 2 nitrogen and oxygen atoms in total. The highest BCUT2D eigenvalue weighted by atomic mass is 15.2. The van der Waals surface area contributed by atoms with Gasteiger partial charge in [-0.25, -0.2) is 0 Å². The summed E-state index contributed by atoms with van der Waals surface area (Å²) in [6.07, 6.45) is 3.68. The molecular weight excluding hydrogens is 244 g/mol. The first kappa shape index (κ1) is 13.7. The molecule has 108 valence electrons. The average molecular weight is 270 g/mol. The normalized spacial score (nSPS) is 24.8. The first-order valence-corrected chi connectivity index (χ1v) is 7.71. The Kier molecular flexibility index (Phi) is 2.97. The molecule has 1 aromatic carbocycles. The number of benzene rings is 1. The van der Waals surface area contributed by atoms with E-state index in [1.165, 1.54) is 24.8 Å². The fourth-order valence-corrected chi connectivity index (χ4v) is 4.63. The van der Waals surface area contributed by atoms with Crippen LogP contribution in [0.3, 0.4) is 0 Å². The van der Waals surface area contributed by atoms with Crippen LogP contribution in [0.4, 0.5) is 0 Å². The lowest BCUT2D eigenvalue weighted by Gasteiger charge is -2.48. The first-order chi connectivity index (χ1) is 9.27. The van der Waals surface area contributed by atoms with Gasteiger partial charge in [0.15, 0.2) is 0 Å². The van der Waals surface area contributed by atoms with E-state index in [1.807, 2.05) is 6.07 Å². The maximum atomic E-state index is 8.51. The molecule has 0 radical (unpaired) electrons. The van der Waals surface area contributed by atoms with E-state index in [0.717, 1.165) is 17.9 Å². The van der Waals surface area contributed by atoms with E-state index in [2.05, 4.69) is 50.8 Å². The van der Waals surface area contributed by atoms with Crippen molar-refractivity contribution in [3.63, 3.8) is 0 Å². The maximum Gasteiger partial charge on any atom is 0.128 e. The van der Waals surface area contributed by atoms with Gasteiger partial charge in [0.05, 0.1) is 0 Å². The zero-order chi connectivity index (χ0) is 14.5. The predicted molar refractivity (Wildman–Crippen MR) is 84.0 cm³/mol. The summed E-state index contributed by atoms with van der Waals surface area (Å²) < 4.78 is 0. The second-order valence-corrected chi connectivity index (χ2v) is 8.20. The van der Waals surface area contributed by atoms with E-state index in [-0.39, 0.29) is 0 Å². The van der Waals surface area contributed by atoms with Crippen LogP contribution >= 0.6 is 0 Å². The Morgan fingerprint density at radius 2 is 1.65 bits per heavy atom. The molecule has 0 unspecified atom stereocenters. The van der Waals surface area contributed by atoms with Crippen LogP contribution < -0.4 is 0 Å². The standard InChI is InChI=1S/C18H26N2/c1-17(2)9-14(10-18(3,4)12-17)20-11-13-7-5-6-8-15(13)16(20)19/h5-8,14,19H,9-12H2,1-4H3. The highest BCUT2D eigenvalue weighted by Gasteiger charge is 2.42. The second-order valence-electron chi connectivity index (χ2n) is 8.20. The number of nitrogens with one attached hydrogen (secondary N) is 1. The fraction of sp³-hybridized carbons (Fsp3) is 0.611. The maximum absolute atomic E-state index is 8.51. The van der Waals surface area contributed by atoms with Gasteiger partial charge >= 0.3 is 0 Å². The molecule has 1 heterocycles. The molecule has 1 aromatic rings. The van der Waals surface area contributed by atoms with Crippen molar-refractivity contribution in [1.82, 2.24) is 4.90 Å². The van der Waals surface area contributed by atoms with Crippen molar-refractivity contribution < 1.29 is 0 Å². The van der Waals surface area contributed by atoms with Gasteiger partial charge < -0.3 is 4.90 Å². The first-order valence-electron chi connectivity index (χ1n) is 7.71. The van der Waals surface area contributed by atoms with Gasteiger partial charge in [-0.3, -0.25) is 5.41 Å². The van der Waals surface area contributed by atoms with Crippen molar-refractivity contribution in [2.75, 3.05) is 0 Å². The van der Waals surface area contributed by atoms with Crippen LogP contribution in [0, 0.1) is 16.2 Å². The highest BCUT2D eigenvalue weighted by Crippen LogP contribution is 2.48. The summed E-state index contributed by atoms with van der Waals surface area (Å²) >= 11 is 0. The quantitative estimate of drug-likeness (QED) is 0.803. The summed E-state index contributed by atoms with van der Waals surface area (Å²) in [4.78, 5) is 2.34. The molecular formula is C18H26N2. The molecule has 0 spiro atoms. The molecule has 0 aromatic heterocycles. The fourth-order valence-electron chi connectivity index (χ4n) is 4.63. The van der Waals surface area contributed by atoms with Gasteiger partial charge in [0.1, 0.15) is 5.84 Å². The molecule has 2 aliphatic rings. The SMILES string of the molecule is CC1(C)CC(N2Cc3ccccc3C2=N)CC(C)(C)C1.